The molecule has 324 valence electrons. The second kappa shape index (κ2) is 36.3. The molecule has 57 heavy (non-hydrogen) atoms. The Balaban J connectivity index is -0.00000108. The van der Waals surface area contributed by atoms with Gasteiger partial charge in [0.25, 0.3) is 0 Å². The normalized spacial score (nSPS) is 13.4. The molecule has 1 aliphatic rings. The highest BCUT2D eigenvalue weighted by molar-refractivity contribution is 5.94. The van der Waals surface area contributed by atoms with Crippen LogP contribution in [0.1, 0.15) is 65.4 Å². The highest BCUT2D eigenvalue weighted by Crippen LogP contribution is 2.17. The van der Waals surface area contributed by atoms with Gasteiger partial charge in [0, 0.05) is 53.3 Å². The van der Waals surface area contributed by atoms with Crippen LogP contribution in [0.15, 0.2) is 41.7 Å². The van der Waals surface area contributed by atoms with E-state index in [1.807, 2.05) is 25.9 Å². The summed E-state index contributed by atoms with van der Waals surface area (Å²) in [6.45, 7) is 12.2. The van der Waals surface area contributed by atoms with Crippen LogP contribution in [-0.2, 0) is 40.1 Å². The van der Waals surface area contributed by atoms with Crippen LogP contribution in [0.5, 0.6) is 0 Å². The minimum Gasteiger partial charge on any atom is -0.445 e. The summed E-state index contributed by atoms with van der Waals surface area (Å²) in [6.07, 6.45) is 6.08. The maximum Gasteiger partial charge on any atom is 0.408 e. The van der Waals surface area contributed by atoms with Crippen molar-refractivity contribution < 1.29 is 43.0 Å². The molecule has 1 aromatic carbocycles. The van der Waals surface area contributed by atoms with E-state index >= 15 is 0 Å². The van der Waals surface area contributed by atoms with Gasteiger partial charge in [0.15, 0.2) is 0 Å². The van der Waals surface area contributed by atoms with Gasteiger partial charge >= 0.3 is 12.1 Å². The molecule has 1 aliphatic heterocycles. The van der Waals surface area contributed by atoms with Crippen molar-refractivity contribution in [1.82, 2.24) is 31.1 Å². The number of nitrogens with one attached hydrogen (secondary N) is 5. The first-order valence-electron chi connectivity index (χ1n) is 18.5. The van der Waals surface area contributed by atoms with Crippen molar-refractivity contribution >= 4 is 54.3 Å². The second-order valence-electron chi connectivity index (χ2n) is 12.3. The summed E-state index contributed by atoms with van der Waals surface area (Å²) in [7, 11) is 8.75. The molecule has 0 aromatic heterocycles. The molecule has 19 heteroatoms. The van der Waals surface area contributed by atoms with Crippen molar-refractivity contribution in [2.45, 2.75) is 84.5 Å². The number of methoxy groups -OCH3 is 1. The Hall–Kier alpha value is -5.40. The maximum atomic E-state index is 12.5. The number of primary amides is 1. The Morgan fingerprint density at radius 1 is 1.09 bits per heavy atom. The number of hydrogen-bond donors (Lipinski definition) is 7. The van der Waals surface area contributed by atoms with Crippen LogP contribution in [0.3, 0.4) is 0 Å². The van der Waals surface area contributed by atoms with Crippen molar-refractivity contribution in [3.05, 3.63) is 42.2 Å². The van der Waals surface area contributed by atoms with Crippen LogP contribution >= 0.6 is 0 Å². The first kappa shape index (κ1) is 55.9. The van der Waals surface area contributed by atoms with Crippen molar-refractivity contribution in [2.75, 3.05) is 66.9 Å². The number of alkyl carbamates (subject to hydrolysis) is 1. The van der Waals surface area contributed by atoms with Crippen LogP contribution in [-0.4, -0.2) is 138 Å². The summed E-state index contributed by atoms with van der Waals surface area (Å²) in [4.78, 5) is 85.8. The summed E-state index contributed by atoms with van der Waals surface area (Å²) in [5, 5.41) is 13.0. The summed E-state index contributed by atoms with van der Waals surface area (Å²) in [5.41, 5.74) is 11.2. The number of carbonyl (C=O) groups excluding carboxylic acids is 7. The lowest BCUT2D eigenvalue weighted by Crippen LogP contribution is -2.49. The fourth-order valence-corrected chi connectivity index (χ4v) is 4.22. The number of carbonyl (C=O) groups is 7. The van der Waals surface area contributed by atoms with Gasteiger partial charge in [0.1, 0.15) is 31.0 Å². The zero-order valence-electron chi connectivity index (χ0n) is 35.2. The van der Waals surface area contributed by atoms with Gasteiger partial charge in [-0.2, -0.15) is 0 Å². The molecule has 0 spiro atoms. The maximum absolute atomic E-state index is 12.5. The molecule has 1 heterocycles. The van der Waals surface area contributed by atoms with Crippen molar-refractivity contribution in [3.63, 3.8) is 0 Å². The number of nitrogens with zero attached hydrogens (tertiary/aromatic N) is 3. The molecule has 0 radical (unpaired) electrons. The van der Waals surface area contributed by atoms with E-state index in [2.05, 4.69) is 56.7 Å². The smallest absolute Gasteiger partial charge is 0.408 e. The summed E-state index contributed by atoms with van der Waals surface area (Å²) < 4.78 is 9.44. The van der Waals surface area contributed by atoms with Gasteiger partial charge in [-0.25, -0.2) is 14.6 Å². The molecule has 0 unspecified atom stereocenters. The largest absolute Gasteiger partial charge is 0.445 e. The van der Waals surface area contributed by atoms with Crippen LogP contribution in [0.4, 0.5) is 15.3 Å². The molecule has 0 aliphatic carbocycles. The third-order valence-electron chi connectivity index (χ3n) is 7.03. The number of hydrogen-bond acceptors (Lipinski definition) is 13. The molecule has 0 bridgehead atoms. The van der Waals surface area contributed by atoms with Gasteiger partial charge in [-0.3, -0.25) is 14.4 Å². The van der Waals surface area contributed by atoms with E-state index in [1.54, 1.807) is 58.7 Å². The van der Waals surface area contributed by atoms with Crippen LogP contribution < -0.4 is 38.1 Å². The number of amides is 6. The lowest BCUT2D eigenvalue weighted by atomic mass is 10.1. The van der Waals surface area contributed by atoms with Gasteiger partial charge in [-0.05, 0) is 64.3 Å². The van der Waals surface area contributed by atoms with Crippen molar-refractivity contribution in [1.29, 1.82) is 0 Å². The number of rotatable bonds is 17. The monoisotopic (exact) mass is 809 g/mol. The number of likely N-dealkylation sites (tertiary alicyclic amines) is 1. The van der Waals surface area contributed by atoms with Crippen molar-refractivity contribution in [2.24, 2.45) is 16.5 Å². The lowest BCUT2D eigenvalue weighted by Gasteiger charge is -2.24. The number of aliphatic imine (C=N–C) groups is 1. The third-order valence-corrected chi connectivity index (χ3v) is 7.03. The SMILES string of the molecule is C=C(/N=C\C)N(C)C.CCC.CN[C@@H](CCCNC(N)=O)C(=O)Nc1ccc(COC(=O)N[C@H](C)C(=O)N2CCC[C@@H]2C=O)cc1.COC.NCC(=O)NCC=O. The summed E-state index contributed by atoms with van der Waals surface area (Å²) in [5.74, 6) is -0.0614. The fraction of sp³-hybridized carbons (Fsp3) is 0.579. The van der Waals surface area contributed by atoms with E-state index in [4.69, 9.17) is 16.2 Å². The highest BCUT2D eigenvalue weighted by Gasteiger charge is 2.31. The van der Waals surface area contributed by atoms with E-state index in [-0.39, 0.29) is 37.4 Å². The number of likely N-dealkylation sites (N-methyl/N-ethyl adjacent to an activating group) is 1. The highest BCUT2D eigenvalue weighted by atomic mass is 16.5. The molecular weight excluding hydrogens is 740 g/mol. The lowest BCUT2D eigenvalue weighted by molar-refractivity contribution is -0.136. The molecule has 6 amide bonds. The average Bonchev–Trinajstić information content (AvgIpc) is 3.66. The second-order valence-corrected chi connectivity index (χ2v) is 12.3. The Morgan fingerprint density at radius 3 is 2.14 bits per heavy atom. The summed E-state index contributed by atoms with van der Waals surface area (Å²) >= 11 is 0. The Kier molecular flexibility index (Phi) is 35.6. The number of anilines is 1. The average molecular weight is 809 g/mol. The molecular formula is C38H68N10O9. The molecule has 1 aromatic rings. The number of nitrogens with two attached hydrogens (primary N) is 2. The Morgan fingerprint density at radius 2 is 1.68 bits per heavy atom. The molecule has 3 atom stereocenters. The first-order valence-corrected chi connectivity index (χ1v) is 18.5. The molecule has 1 saturated heterocycles. The molecule has 19 nitrogen and oxygen atoms in total. The zero-order valence-corrected chi connectivity index (χ0v) is 35.2. The number of urea groups is 1. The number of ether oxygens (including phenoxy) is 2. The molecule has 1 fully saturated rings. The molecule has 2 rings (SSSR count). The van der Waals surface area contributed by atoms with Gasteiger partial charge in [0.2, 0.25) is 17.7 Å². The number of aldehydes is 2. The fourth-order valence-electron chi connectivity index (χ4n) is 4.22. The predicted octanol–water partition coefficient (Wildman–Crippen LogP) is 1.52. The standard InChI is InChI=1S/C23H34N6O6.C6H12N2.C4H8N2O2.C3H8.C2H6O/c1-15(21(32)29-12-4-5-18(29)13-30)27-23(34)35-14-16-7-9-17(10-8-16)28-20(31)19(25-2)6-3-11-26-22(24)33;1-5-7-6(2)8(3)4;5-3-4(8)6-1-2-7;2*1-3-2/h7-10,13,15,18-19,25H,3-6,11-12,14H2,1-2H3,(H,27,34)(H,28,31)(H3,24,26,33);5H,2H2,1,3-4H3;2H,1,3,5H2,(H,6,8);3H2,1-2H3;1-2H3/b;7-5-;;;/t15-,18-,19+;;;;/m1..../s1. The van der Waals surface area contributed by atoms with Crippen LogP contribution in [0.25, 0.3) is 0 Å². The topological polar surface area (TPSA) is 269 Å². The van der Waals surface area contributed by atoms with Crippen LogP contribution in [0.2, 0.25) is 0 Å². The Labute approximate surface area is 338 Å². The van der Waals surface area contributed by atoms with E-state index in [0.717, 1.165) is 18.5 Å². The zero-order chi connectivity index (χ0) is 44.2. The van der Waals surface area contributed by atoms with E-state index in [0.29, 0.717) is 49.9 Å². The number of benzene rings is 1. The minimum absolute atomic E-state index is 0.0202. The van der Waals surface area contributed by atoms with E-state index < -0.39 is 30.2 Å². The third kappa shape index (κ3) is 29.5. The summed E-state index contributed by atoms with van der Waals surface area (Å²) in [6, 6.07) is 4.50. The van der Waals surface area contributed by atoms with E-state index in [9.17, 15) is 33.6 Å². The first-order chi connectivity index (χ1) is 27.1. The van der Waals surface area contributed by atoms with Gasteiger partial charge in [-0.1, -0.05) is 39.0 Å². The van der Waals surface area contributed by atoms with E-state index in [1.165, 1.54) is 11.3 Å². The Bertz CT molecular complexity index is 1340. The van der Waals surface area contributed by atoms with Gasteiger partial charge < -0.3 is 66.9 Å². The van der Waals surface area contributed by atoms with Gasteiger partial charge in [-0.15, -0.1) is 0 Å². The van der Waals surface area contributed by atoms with Gasteiger partial charge in [0.05, 0.1) is 25.2 Å². The molecule has 0 saturated carbocycles. The quantitative estimate of drug-likeness (QED) is 0.0671. The van der Waals surface area contributed by atoms with Crippen molar-refractivity contribution in [3.8, 4) is 0 Å². The molecule has 9 N–H and O–H groups in total. The minimum atomic E-state index is -0.813. The van der Waals surface area contributed by atoms with Crippen LogP contribution in [0, 0.1) is 0 Å². The predicted molar refractivity (Wildman–Crippen MR) is 222 cm³/mol.